The van der Waals surface area contributed by atoms with E-state index in [1.54, 1.807) is 0 Å². The fraction of sp³-hybridized carbons (Fsp3) is 0.0455. The molecule has 1 aromatic heterocycles. The van der Waals surface area contributed by atoms with Gasteiger partial charge in [-0.1, -0.05) is 60.7 Å². The zero-order valence-corrected chi connectivity index (χ0v) is 13.5. The number of fused-ring (bicyclic) bond motifs is 2. The van der Waals surface area contributed by atoms with Crippen molar-refractivity contribution in [1.29, 1.82) is 0 Å². The van der Waals surface area contributed by atoms with E-state index >= 15 is 0 Å². The molecular weight excluding hydrogens is 310 g/mol. The summed E-state index contributed by atoms with van der Waals surface area (Å²) in [6.07, 6.45) is 0. The molecule has 1 aliphatic heterocycles. The molecule has 0 N–H and O–H groups in total. The molecule has 0 amide bonds. The number of pyridine rings is 1. The highest BCUT2D eigenvalue weighted by atomic mass is 16.7. The van der Waals surface area contributed by atoms with Crippen molar-refractivity contribution in [2.75, 3.05) is 6.79 Å². The first-order chi connectivity index (χ1) is 12.4. The van der Waals surface area contributed by atoms with Gasteiger partial charge in [-0.2, -0.15) is 0 Å². The molecule has 2 heterocycles. The fourth-order valence-electron chi connectivity index (χ4n) is 3.23. The summed E-state index contributed by atoms with van der Waals surface area (Å²) in [7, 11) is 0. The SMILES string of the molecule is c1ccc(-c2cc(-c3ccccc3)c3cc4c(cc3n2)OCO4)cc1. The lowest BCUT2D eigenvalue weighted by molar-refractivity contribution is 0.174. The van der Waals surface area contributed by atoms with Gasteiger partial charge in [0, 0.05) is 17.0 Å². The molecule has 1 aliphatic rings. The Kier molecular flexibility index (Phi) is 3.17. The van der Waals surface area contributed by atoms with E-state index in [2.05, 4.69) is 42.5 Å². The quantitative estimate of drug-likeness (QED) is 0.501. The molecule has 0 unspecified atom stereocenters. The Balaban J connectivity index is 1.82. The van der Waals surface area contributed by atoms with E-state index in [9.17, 15) is 0 Å². The van der Waals surface area contributed by atoms with Crippen LogP contribution in [0.15, 0.2) is 78.9 Å². The number of ether oxygens (including phenoxy) is 2. The first-order valence-electron chi connectivity index (χ1n) is 8.24. The van der Waals surface area contributed by atoms with E-state index in [1.807, 2.05) is 36.4 Å². The van der Waals surface area contributed by atoms with Gasteiger partial charge < -0.3 is 9.47 Å². The fourth-order valence-corrected chi connectivity index (χ4v) is 3.23. The van der Waals surface area contributed by atoms with E-state index in [0.29, 0.717) is 0 Å². The maximum atomic E-state index is 5.56. The van der Waals surface area contributed by atoms with Gasteiger partial charge in [-0.15, -0.1) is 0 Å². The van der Waals surface area contributed by atoms with Gasteiger partial charge in [0.2, 0.25) is 6.79 Å². The van der Waals surface area contributed by atoms with Gasteiger partial charge in [-0.25, -0.2) is 4.98 Å². The van der Waals surface area contributed by atoms with Crippen LogP contribution in [0.1, 0.15) is 0 Å². The van der Waals surface area contributed by atoms with Crippen LogP contribution in [0.25, 0.3) is 33.3 Å². The van der Waals surface area contributed by atoms with Crippen molar-refractivity contribution in [3.05, 3.63) is 78.9 Å². The van der Waals surface area contributed by atoms with Crippen molar-refractivity contribution < 1.29 is 9.47 Å². The molecule has 3 nitrogen and oxygen atoms in total. The number of hydrogen-bond donors (Lipinski definition) is 0. The third-order valence-corrected chi connectivity index (χ3v) is 4.46. The predicted molar refractivity (Wildman–Crippen MR) is 98.7 cm³/mol. The van der Waals surface area contributed by atoms with E-state index < -0.39 is 0 Å². The van der Waals surface area contributed by atoms with Crippen LogP contribution in [-0.4, -0.2) is 11.8 Å². The first-order valence-corrected chi connectivity index (χ1v) is 8.24. The molecule has 0 radical (unpaired) electrons. The standard InChI is InChI=1S/C22H15NO2/c1-3-7-15(8-4-1)17-11-19(16-9-5-2-6-10-16)23-20-13-22-21(12-18(17)20)24-14-25-22/h1-13H,14H2. The summed E-state index contributed by atoms with van der Waals surface area (Å²) in [4.78, 5) is 4.87. The molecule has 0 aliphatic carbocycles. The highest BCUT2D eigenvalue weighted by Gasteiger charge is 2.18. The Bertz CT molecular complexity index is 1060. The Labute approximate surface area is 145 Å². The largest absolute Gasteiger partial charge is 0.454 e. The molecule has 0 fully saturated rings. The zero-order valence-electron chi connectivity index (χ0n) is 13.5. The minimum Gasteiger partial charge on any atom is -0.454 e. The molecule has 0 saturated heterocycles. The number of aromatic nitrogens is 1. The molecule has 3 aromatic carbocycles. The number of benzene rings is 3. The molecular formula is C22H15NO2. The van der Waals surface area contributed by atoms with Crippen LogP contribution in [0.3, 0.4) is 0 Å². The maximum absolute atomic E-state index is 5.56. The van der Waals surface area contributed by atoms with Crippen LogP contribution in [0.5, 0.6) is 11.5 Å². The normalized spacial score (nSPS) is 12.5. The molecule has 25 heavy (non-hydrogen) atoms. The molecule has 4 aromatic rings. The van der Waals surface area contributed by atoms with Crippen molar-refractivity contribution in [2.45, 2.75) is 0 Å². The van der Waals surface area contributed by atoms with E-state index in [1.165, 1.54) is 0 Å². The molecule has 0 bridgehead atoms. The van der Waals surface area contributed by atoms with Gasteiger partial charge in [0.25, 0.3) is 0 Å². The van der Waals surface area contributed by atoms with Crippen molar-refractivity contribution in [2.24, 2.45) is 0 Å². The summed E-state index contributed by atoms with van der Waals surface area (Å²) in [6.45, 7) is 0.262. The highest BCUT2D eigenvalue weighted by Crippen LogP contribution is 2.40. The van der Waals surface area contributed by atoms with Crippen LogP contribution in [0.2, 0.25) is 0 Å². The lowest BCUT2D eigenvalue weighted by Crippen LogP contribution is -1.92. The van der Waals surface area contributed by atoms with Gasteiger partial charge in [-0.3, -0.25) is 0 Å². The van der Waals surface area contributed by atoms with Gasteiger partial charge in [0.1, 0.15) is 0 Å². The molecule has 120 valence electrons. The lowest BCUT2D eigenvalue weighted by atomic mass is 9.98. The number of rotatable bonds is 2. The monoisotopic (exact) mass is 325 g/mol. The third kappa shape index (κ3) is 2.41. The first kappa shape index (κ1) is 14.1. The molecule has 0 spiro atoms. The second-order valence-corrected chi connectivity index (χ2v) is 6.01. The molecule has 0 saturated carbocycles. The summed E-state index contributed by atoms with van der Waals surface area (Å²) < 4.78 is 11.1. The van der Waals surface area contributed by atoms with Gasteiger partial charge in [-0.05, 0) is 23.3 Å². The number of nitrogens with zero attached hydrogens (tertiary/aromatic N) is 1. The van der Waals surface area contributed by atoms with Crippen LogP contribution >= 0.6 is 0 Å². The van der Waals surface area contributed by atoms with Crippen LogP contribution < -0.4 is 9.47 Å². The minimum absolute atomic E-state index is 0.262. The average molecular weight is 325 g/mol. The topological polar surface area (TPSA) is 31.4 Å². The summed E-state index contributed by atoms with van der Waals surface area (Å²) in [5.41, 5.74) is 5.25. The number of hydrogen-bond acceptors (Lipinski definition) is 3. The predicted octanol–water partition coefficient (Wildman–Crippen LogP) is 5.30. The maximum Gasteiger partial charge on any atom is 0.231 e. The minimum atomic E-state index is 0.262. The summed E-state index contributed by atoms with van der Waals surface area (Å²) in [5.74, 6) is 1.53. The van der Waals surface area contributed by atoms with Crippen LogP contribution in [0.4, 0.5) is 0 Å². The van der Waals surface area contributed by atoms with Crippen molar-refractivity contribution in [1.82, 2.24) is 4.98 Å². The van der Waals surface area contributed by atoms with E-state index in [-0.39, 0.29) is 6.79 Å². The average Bonchev–Trinajstić information content (AvgIpc) is 3.14. The molecule has 0 atom stereocenters. The highest BCUT2D eigenvalue weighted by molar-refractivity contribution is 5.98. The van der Waals surface area contributed by atoms with Crippen molar-refractivity contribution in [3.8, 4) is 33.9 Å². The Hall–Kier alpha value is -3.33. The van der Waals surface area contributed by atoms with E-state index in [4.69, 9.17) is 14.5 Å². The summed E-state index contributed by atoms with van der Waals surface area (Å²) in [5, 5.41) is 1.06. The molecule has 5 rings (SSSR count). The van der Waals surface area contributed by atoms with Gasteiger partial charge in [0.15, 0.2) is 11.5 Å². The molecule has 3 heteroatoms. The van der Waals surface area contributed by atoms with Crippen LogP contribution in [0, 0.1) is 0 Å². The summed E-state index contributed by atoms with van der Waals surface area (Å²) >= 11 is 0. The van der Waals surface area contributed by atoms with Gasteiger partial charge in [0.05, 0.1) is 11.2 Å². The Morgan fingerprint density at radius 1 is 0.680 bits per heavy atom. The lowest BCUT2D eigenvalue weighted by Gasteiger charge is -2.11. The zero-order chi connectivity index (χ0) is 16.6. The van der Waals surface area contributed by atoms with Crippen LogP contribution in [-0.2, 0) is 0 Å². The van der Waals surface area contributed by atoms with Gasteiger partial charge >= 0.3 is 0 Å². The summed E-state index contributed by atoms with van der Waals surface area (Å²) in [6, 6.07) is 26.8. The van der Waals surface area contributed by atoms with Crippen molar-refractivity contribution in [3.63, 3.8) is 0 Å². The Morgan fingerprint density at radius 3 is 2.04 bits per heavy atom. The Morgan fingerprint density at radius 2 is 1.32 bits per heavy atom. The van der Waals surface area contributed by atoms with E-state index in [0.717, 1.165) is 44.8 Å². The third-order valence-electron chi connectivity index (χ3n) is 4.46. The smallest absolute Gasteiger partial charge is 0.231 e. The second kappa shape index (κ2) is 5.64. The second-order valence-electron chi connectivity index (χ2n) is 6.01. The van der Waals surface area contributed by atoms with Crippen molar-refractivity contribution >= 4 is 10.9 Å².